The van der Waals surface area contributed by atoms with Crippen LogP contribution in [0, 0.1) is 0 Å². The van der Waals surface area contributed by atoms with Gasteiger partial charge in [0, 0.05) is 29.9 Å². The van der Waals surface area contributed by atoms with Crippen LogP contribution in [0.1, 0.15) is 11.1 Å². The molecular weight excluding hydrogens is 384 g/mol. The first-order chi connectivity index (χ1) is 13.9. The third-order valence-electron chi connectivity index (χ3n) is 4.01. The summed E-state index contributed by atoms with van der Waals surface area (Å²) in [7, 11) is 0. The smallest absolute Gasteiger partial charge is 0.387 e. The second kappa shape index (κ2) is 8.96. The van der Waals surface area contributed by atoms with Crippen LogP contribution in [0.5, 0.6) is 5.75 Å². The third kappa shape index (κ3) is 5.61. The molecule has 0 fully saturated rings. The first kappa shape index (κ1) is 20.0. The molecule has 7 nitrogen and oxygen atoms in total. The standard InChI is InChI=1S/C20H17F2N3O4/c21-19(22)29-16-7-6-15(11-14(16)10-13-4-2-1-3-5-13)23-18(27)12-25-9-8-17(26)24-20(25)28/h1-9,11,19H,10,12H2,(H,23,27)(H,24,26,28). The van der Waals surface area contributed by atoms with E-state index in [9.17, 15) is 23.2 Å². The average Bonchev–Trinajstić information content (AvgIpc) is 2.67. The molecule has 0 saturated carbocycles. The Morgan fingerprint density at radius 3 is 2.55 bits per heavy atom. The summed E-state index contributed by atoms with van der Waals surface area (Å²) in [4.78, 5) is 37.0. The molecule has 0 aliphatic heterocycles. The number of benzene rings is 2. The first-order valence-electron chi connectivity index (χ1n) is 8.62. The van der Waals surface area contributed by atoms with Gasteiger partial charge in [0.2, 0.25) is 5.91 Å². The summed E-state index contributed by atoms with van der Waals surface area (Å²) < 4.78 is 31.0. The fraction of sp³-hybridized carbons (Fsp3) is 0.150. The molecule has 3 rings (SSSR count). The number of ether oxygens (including phenoxy) is 1. The molecule has 0 unspecified atom stereocenters. The number of aromatic amines is 1. The minimum atomic E-state index is -2.97. The van der Waals surface area contributed by atoms with Gasteiger partial charge in [0.1, 0.15) is 12.3 Å². The third-order valence-corrected chi connectivity index (χ3v) is 4.01. The normalized spacial score (nSPS) is 10.7. The van der Waals surface area contributed by atoms with Crippen LogP contribution in [0.4, 0.5) is 14.5 Å². The van der Waals surface area contributed by atoms with Gasteiger partial charge in [0.15, 0.2) is 0 Å². The summed E-state index contributed by atoms with van der Waals surface area (Å²) in [6.07, 6.45) is 1.53. The van der Waals surface area contributed by atoms with E-state index in [1.54, 1.807) is 0 Å². The topological polar surface area (TPSA) is 93.2 Å². The summed E-state index contributed by atoms with van der Waals surface area (Å²) in [6.45, 7) is -3.30. The van der Waals surface area contributed by atoms with Crippen molar-refractivity contribution in [3.05, 3.63) is 92.8 Å². The van der Waals surface area contributed by atoms with E-state index in [1.165, 1.54) is 24.4 Å². The lowest BCUT2D eigenvalue weighted by Crippen LogP contribution is -2.32. The number of carbonyl (C=O) groups excluding carboxylic acids is 1. The predicted octanol–water partition coefficient (Wildman–Crippen LogP) is 2.37. The fourth-order valence-corrected chi connectivity index (χ4v) is 2.75. The minimum absolute atomic E-state index is 0.0127. The molecule has 0 atom stereocenters. The van der Waals surface area contributed by atoms with E-state index in [2.05, 4.69) is 15.0 Å². The van der Waals surface area contributed by atoms with E-state index >= 15 is 0 Å². The van der Waals surface area contributed by atoms with Gasteiger partial charge < -0.3 is 10.1 Å². The number of nitrogens with zero attached hydrogens (tertiary/aromatic N) is 1. The van der Waals surface area contributed by atoms with Crippen LogP contribution in [0.2, 0.25) is 0 Å². The van der Waals surface area contributed by atoms with Crippen LogP contribution in [-0.4, -0.2) is 22.1 Å². The molecule has 0 bridgehead atoms. The van der Waals surface area contributed by atoms with Crippen molar-refractivity contribution >= 4 is 11.6 Å². The number of aromatic nitrogens is 2. The molecule has 0 aliphatic carbocycles. The van der Waals surface area contributed by atoms with E-state index in [0.717, 1.165) is 16.2 Å². The summed E-state index contributed by atoms with van der Waals surface area (Å²) in [5.74, 6) is -0.508. The number of alkyl halides is 2. The highest BCUT2D eigenvalue weighted by molar-refractivity contribution is 5.90. The van der Waals surface area contributed by atoms with Crippen molar-refractivity contribution in [2.24, 2.45) is 0 Å². The molecule has 0 saturated heterocycles. The van der Waals surface area contributed by atoms with Gasteiger partial charge in [-0.1, -0.05) is 30.3 Å². The highest BCUT2D eigenvalue weighted by Gasteiger charge is 2.13. The van der Waals surface area contributed by atoms with Crippen LogP contribution in [0.3, 0.4) is 0 Å². The number of amides is 1. The minimum Gasteiger partial charge on any atom is -0.435 e. The van der Waals surface area contributed by atoms with Crippen molar-refractivity contribution in [2.45, 2.75) is 19.6 Å². The van der Waals surface area contributed by atoms with Gasteiger partial charge in [-0.3, -0.25) is 19.1 Å². The quantitative estimate of drug-likeness (QED) is 0.636. The Morgan fingerprint density at radius 1 is 1.10 bits per heavy atom. The van der Waals surface area contributed by atoms with Crippen molar-refractivity contribution in [3.63, 3.8) is 0 Å². The Morgan fingerprint density at radius 2 is 1.86 bits per heavy atom. The van der Waals surface area contributed by atoms with Gasteiger partial charge in [-0.15, -0.1) is 0 Å². The Kier molecular flexibility index (Phi) is 6.18. The summed E-state index contributed by atoms with van der Waals surface area (Å²) >= 11 is 0. The van der Waals surface area contributed by atoms with Crippen LogP contribution in [0.25, 0.3) is 0 Å². The molecule has 3 aromatic rings. The maximum atomic E-state index is 12.7. The number of carbonyl (C=O) groups is 1. The molecule has 1 aromatic heterocycles. The predicted molar refractivity (Wildman–Crippen MR) is 102 cm³/mol. The second-order valence-electron chi connectivity index (χ2n) is 6.15. The summed E-state index contributed by atoms with van der Waals surface area (Å²) in [5.41, 5.74) is 0.440. The van der Waals surface area contributed by atoms with Gasteiger partial charge in [-0.05, 0) is 23.8 Å². The molecule has 2 N–H and O–H groups in total. The molecule has 0 radical (unpaired) electrons. The number of rotatable bonds is 7. The lowest BCUT2D eigenvalue weighted by molar-refractivity contribution is -0.116. The molecule has 29 heavy (non-hydrogen) atoms. The molecule has 1 heterocycles. The van der Waals surface area contributed by atoms with Gasteiger partial charge in [0.05, 0.1) is 0 Å². The lowest BCUT2D eigenvalue weighted by atomic mass is 10.0. The highest BCUT2D eigenvalue weighted by Crippen LogP contribution is 2.27. The van der Waals surface area contributed by atoms with Gasteiger partial charge in [-0.2, -0.15) is 8.78 Å². The van der Waals surface area contributed by atoms with Crippen molar-refractivity contribution in [3.8, 4) is 5.75 Å². The van der Waals surface area contributed by atoms with Crippen molar-refractivity contribution in [2.75, 3.05) is 5.32 Å². The lowest BCUT2D eigenvalue weighted by Gasteiger charge is -2.14. The Balaban J connectivity index is 1.79. The molecule has 1 amide bonds. The van der Waals surface area contributed by atoms with Crippen molar-refractivity contribution in [1.29, 1.82) is 0 Å². The van der Waals surface area contributed by atoms with Gasteiger partial charge in [-0.25, -0.2) is 4.79 Å². The van der Waals surface area contributed by atoms with Crippen molar-refractivity contribution < 1.29 is 18.3 Å². The maximum absolute atomic E-state index is 12.7. The van der Waals surface area contributed by atoms with Crippen molar-refractivity contribution in [1.82, 2.24) is 9.55 Å². The molecular formula is C20H17F2N3O4. The van der Waals surface area contributed by atoms with E-state index in [1.807, 2.05) is 30.3 Å². The second-order valence-corrected chi connectivity index (χ2v) is 6.15. The maximum Gasteiger partial charge on any atom is 0.387 e. The van der Waals surface area contributed by atoms with Crippen LogP contribution >= 0.6 is 0 Å². The van der Waals surface area contributed by atoms with Gasteiger partial charge in [0.25, 0.3) is 5.56 Å². The molecule has 9 heteroatoms. The monoisotopic (exact) mass is 401 g/mol. The zero-order valence-corrected chi connectivity index (χ0v) is 15.1. The first-order valence-corrected chi connectivity index (χ1v) is 8.62. The largest absolute Gasteiger partial charge is 0.435 e. The zero-order chi connectivity index (χ0) is 20.8. The van der Waals surface area contributed by atoms with Crippen LogP contribution in [0.15, 0.2) is 70.4 Å². The van der Waals surface area contributed by atoms with E-state index in [-0.39, 0.29) is 12.3 Å². The van der Waals surface area contributed by atoms with Crippen LogP contribution in [-0.2, 0) is 17.8 Å². The zero-order valence-electron chi connectivity index (χ0n) is 15.1. The Bertz CT molecular complexity index is 1110. The Labute approximate surface area is 163 Å². The SMILES string of the molecule is O=C(Cn1ccc(=O)[nH]c1=O)Nc1ccc(OC(F)F)c(Cc2ccccc2)c1. The van der Waals surface area contributed by atoms with E-state index in [4.69, 9.17) is 0 Å². The number of halogens is 2. The van der Waals surface area contributed by atoms with Crippen LogP contribution < -0.4 is 21.3 Å². The number of hydrogen-bond donors (Lipinski definition) is 2. The number of anilines is 1. The number of hydrogen-bond acceptors (Lipinski definition) is 4. The van der Waals surface area contributed by atoms with Gasteiger partial charge >= 0.3 is 12.3 Å². The highest BCUT2D eigenvalue weighted by atomic mass is 19.3. The summed E-state index contributed by atoms with van der Waals surface area (Å²) in [6, 6.07) is 14.6. The molecule has 2 aromatic carbocycles. The summed E-state index contributed by atoms with van der Waals surface area (Å²) in [5, 5.41) is 2.61. The number of H-pyrrole nitrogens is 1. The van der Waals surface area contributed by atoms with E-state index in [0.29, 0.717) is 17.7 Å². The molecule has 0 aliphatic rings. The van der Waals surface area contributed by atoms with E-state index < -0.39 is 23.8 Å². The Hall–Kier alpha value is -3.75. The molecule has 150 valence electrons. The fourth-order valence-electron chi connectivity index (χ4n) is 2.75. The average molecular weight is 401 g/mol. The molecule has 0 spiro atoms. The number of nitrogens with one attached hydrogen (secondary N) is 2.